The van der Waals surface area contributed by atoms with E-state index < -0.39 is 23.6 Å². The molecule has 2 aromatic rings. The Morgan fingerprint density at radius 2 is 1.81 bits per heavy atom. The highest BCUT2D eigenvalue weighted by atomic mass is 16.7. The van der Waals surface area contributed by atoms with Crippen molar-refractivity contribution in [2.45, 2.75) is 39.5 Å². The molecular weight excluding hydrogens is 334 g/mol. The van der Waals surface area contributed by atoms with E-state index in [0.29, 0.717) is 17.8 Å². The third-order valence-corrected chi connectivity index (χ3v) is 4.26. The maximum Gasteiger partial charge on any atom is 0.323 e. The molecule has 1 aliphatic heterocycles. The minimum Gasteiger partial charge on any atom is -0.422 e. The summed E-state index contributed by atoms with van der Waals surface area (Å²) in [6.07, 6.45) is 1.96. The molecule has 0 radical (unpaired) electrons. The highest BCUT2D eigenvalue weighted by Crippen LogP contribution is 2.25. The number of benzene rings is 1. The number of hydrogen-bond donors (Lipinski definition) is 0. The molecule has 1 saturated heterocycles. The van der Waals surface area contributed by atoms with Crippen molar-refractivity contribution in [3.63, 3.8) is 0 Å². The van der Waals surface area contributed by atoms with E-state index in [1.165, 1.54) is 13.8 Å². The Morgan fingerprint density at radius 3 is 2.46 bits per heavy atom. The van der Waals surface area contributed by atoms with E-state index in [2.05, 4.69) is 0 Å². The maximum atomic E-state index is 12.7. The van der Waals surface area contributed by atoms with Crippen LogP contribution in [-0.2, 0) is 25.6 Å². The van der Waals surface area contributed by atoms with Crippen molar-refractivity contribution >= 4 is 17.7 Å². The third kappa shape index (κ3) is 3.69. The summed E-state index contributed by atoms with van der Waals surface area (Å²) in [5.74, 6) is -3.50. The molecule has 0 aliphatic carbocycles. The van der Waals surface area contributed by atoms with Gasteiger partial charge in [0.05, 0.1) is 5.69 Å². The molecule has 6 heteroatoms. The first-order chi connectivity index (χ1) is 12.3. The van der Waals surface area contributed by atoms with E-state index in [9.17, 15) is 14.4 Å². The number of aryl methyl sites for hydroxylation is 2. The Hall–Kier alpha value is -2.89. The molecule has 1 fully saturated rings. The maximum absolute atomic E-state index is 12.7. The molecule has 136 valence electrons. The zero-order valence-electron chi connectivity index (χ0n) is 15.0. The second-order valence-electron chi connectivity index (χ2n) is 6.87. The lowest BCUT2D eigenvalue weighted by Gasteiger charge is -2.32. The van der Waals surface area contributed by atoms with Gasteiger partial charge in [0.15, 0.2) is 5.92 Å². The zero-order valence-corrected chi connectivity index (χ0v) is 15.0. The molecule has 3 rings (SSSR count). The summed E-state index contributed by atoms with van der Waals surface area (Å²) in [6, 6.07) is 10.9. The van der Waals surface area contributed by atoms with Crippen molar-refractivity contribution in [2.75, 3.05) is 0 Å². The number of rotatable bonds is 5. The van der Waals surface area contributed by atoms with Gasteiger partial charge in [-0.25, -0.2) is 0 Å². The third-order valence-electron chi connectivity index (χ3n) is 4.26. The number of carbonyl (C=O) groups excluding carboxylic acids is 3. The molecule has 0 unspecified atom stereocenters. The molecule has 6 nitrogen and oxygen atoms in total. The lowest BCUT2D eigenvalue weighted by molar-refractivity contribution is -0.240. The van der Waals surface area contributed by atoms with Crippen LogP contribution in [0.5, 0.6) is 0 Å². The van der Waals surface area contributed by atoms with Gasteiger partial charge in [0.2, 0.25) is 5.78 Å². The monoisotopic (exact) mass is 355 g/mol. The van der Waals surface area contributed by atoms with Crippen molar-refractivity contribution < 1.29 is 23.9 Å². The summed E-state index contributed by atoms with van der Waals surface area (Å²) >= 11 is 0. The van der Waals surface area contributed by atoms with E-state index >= 15 is 0 Å². The fraction of sp³-hybridized carbons (Fsp3) is 0.350. The number of hydrogen-bond acceptors (Lipinski definition) is 5. The molecule has 0 saturated carbocycles. The molecule has 0 amide bonds. The Morgan fingerprint density at radius 1 is 1.12 bits per heavy atom. The predicted molar refractivity (Wildman–Crippen MR) is 93.4 cm³/mol. The summed E-state index contributed by atoms with van der Waals surface area (Å²) in [5.41, 5.74) is 2.11. The van der Waals surface area contributed by atoms with Crippen molar-refractivity contribution in [2.24, 2.45) is 5.92 Å². The topological polar surface area (TPSA) is 74.6 Å². The molecule has 26 heavy (non-hydrogen) atoms. The van der Waals surface area contributed by atoms with E-state index in [-0.39, 0.29) is 12.2 Å². The van der Waals surface area contributed by atoms with Gasteiger partial charge in [-0.1, -0.05) is 23.8 Å². The SMILES string of the molecule is Cc1cccc(C(=O)c2cccn2CCC2C(=O)OC(C)(C)OC2=O)c1. The van der Waals surface area contributed by atoms with Crippen molar-refractivity contribution in [3.05, 3.63) is 59.4 Å². The molecule has 0 N–H and O–H groups in total. The van der Waals surface area contributed by atoms with Gasteiger partial charge in [0, 0.05) is 32.2 Å². The van der Waals surface area contributed by atoms with Crippen LogP contribution >= 0.6 is 0 Å². The van der Waals surface area contributed by atoms with Crippen molar-refractivity contribution in [3.8, 4) is 0 Å². The van der Waals surface area contributed by atoms with E-state index in [1.807, 2.05) is 25.1 Å². The van der Waals surface area contributed by atoms with Gasteiger partial charge >= 0.3 is 11.9 Å². The smallest absolute Gasteiger partial charge is 0.323 e. The standard InChI is InChI=1S/C20H21NO5/c1-13-6-4-7-14(12-13)17(22)16-8-5-10-21(16)11-9-15-18(23)25-20(2,3)26-19(15)24/h4-8,10,12,15H,9,11H2,1-3H3. The highest BCUT2D eigenvalue weighted by molar-refractivity contribution is 6.08. The van der Waals surface area contributed by atoms with Crippen LogP contribution in [0.3, 0.4) is 0 Å². The Bertz CT molecular complexity index is 845. The molecule has 1 aromatic heterocycles. The van der Waals surface area contributed by atoms with Crippen LogP contribution in [0.4, 0.5) is 0 Å². The summed E-state index contributed by atoms with van der Waals surface area (Å²) < 4.78 is 12.0. The average molecular weight is 355 g/mol. The first-order valence-corrected chi connectivity index (χ1v) is 8.49. The predicted octanol–water partition coefficient (Wildman–Crippen LogP) is 2.87. The molecule has 1 aliphatic rings. The fourth-order valence-corrected chi connectivity index (χ4v) is 3.00. The lowest BCUT2D eigenvalue weighted by atomic mass is 10.0. The molecule has 2 heterocycles. The van der Waals surface area contributed by atoms with Crippen molar-refractivity contribution in [1.82, 2.24) is 4.57 Å². The van der Waals surface area contributed by atoms with E-state index in [4.69, 9.17) is 9.47 Å². The lowest BCUT2D eigenvalue weighted by Crippen LogP contribution is -2.46. The molecule has 0 spiro atoms. The number of carbonyl (C=O) groups is 3. The molecule has 0 bridgehead atoms. The normalized spacial score (nSPS) is 16.9. The number of cyclic esters (lactones) is 2. The summed E-state index contributed by atoms with van der Waals surface area (Å²) in [5, 5.41) is 0. The van der Waals surface area contributed by atoms with Crippen molar-refractivity contribution in [1.29, 1.82) is 0 Å². The van der Waals surface area contributed by atoms with Crippen LogP contribution in [0.25, 0.3) is 0 Å². The van der Waals surface area contributed by atoms with Gasteiger partial charge in [0.1, 0.15) is 0 Å². The van der Waals surface area contributed by atoms with Gasteiger partial charge in [-0.15, -0.1) is 0 Å². The first-order valence-electron chi connectivity index (χ1n) is 8.49. The molecule has 0 atom stereocenters. The zero-order chi connectivity index (χ0) is 18.9. The van der Waals surface area contributed by atoms with E-state index in [1.54, 1.807) is 29.0 Å². The van der Waals surface area contributed by atoms with Crippen LogP contribution in [0, 0.1) is 12.8 Å². The quantitative estimate of drug-likeness (QED) is 0.468. The van der Waals surface area contributed by atoms with Gasteiger partial charge < -0.3 is 14.0 Å². The summed E-state index contributed by atoms with van der Waals surface area (Å²) in [6.45, 7) is 5.29. The number of esters is 2. The second kappa shape index (κ2) is 6.78. The highest BCUT2D eigenvalue weighted by Gasteiger charge is 2.42. The fourth-order valence-electron chi connectivity index (χ4n) is 3.00. The molecule has 1 aromatic carbocycles. The second-order valence-corrected chi connectivity index (χ2v) is 6.87. The van der Waals surface area contributed by atoms with Crippen LogP contribution < -0.4 is 0 Å². The number of ether oxygens (including phenoxy) is 2. The minimum absolute atomic E-state index is 0.103. The minimum atomic E-state index is -1.23. The van der Waals surface area contributed by atoms with Gasteiger partial charge in [-0.3, -0.25) is 14.4 Å². The van der Waals surface area contributed by atoms with Crippen LogP contribution in [-0.4, -0.2) is 28.1 Å². The average Bonchev–Trinajstić information content (AvgIpc) is 3.00. The van der Waals surface area contributed by atoms with E-state index in [0.717, 1.165) is 5.56 Å². The number of ketones is 1. The van der Waals surface area contributed by atoms with Crippen LogP contribution in [0.2, 0.25) is 0 Å². The van der Waals surface area contributed by atoms with Gasteiger partial charge in [-0.05, 0) is 31.5 Å². The number of aromatic nitrogens is 1. The van der Waals surface area contributed by atoms with Gasteiger partial charge in [0.25, 0.3) is 5.79 Å². The Balaban J connectivity index is 1.73. The van der Waals surface area contributed by atoms with Crippen LogP contribution in [0.15, 0.2) is 42.6 Å². The first kappa shape index (κ1) is 17.9. The summed E-state index contributed by atoms with van der Waals surface area (Å²) in [4.78, 5) is 36.9. The van der Waals surface area contributed by atoms with Crippen LogP contribution in [0.1, 0.15) is 41.9 Å². The Kier molecular flexibility index (Phi) is 4.68. The molecular formula is C20H21NO5. The Labute approximate surface area is 151 Å². The van der Waals surface area contributed by atoms with Gasteiger partial charge in [-0.2, -0.15) is 0 Å². The summed E-state index contributed by atoms with van der Waals surface area (Å²) in [7, 11) is 0. The number of nitrogens with zero attached hydrogens (tertiary/aromatic N) is 1. The largest absolute Gasteiger partial charge is 0.422 e.